The summed E-state index contributed by atoms with van der Waals surface area (Å²) >= 11 is 1.63. The summed E-state index contributed by atoms with van der Waals surface area (Å²) in [5.41, 5.74) is 1.53. The lowest BCUT2D eigenvalue weighted by Crippen LogP contribution is -2.58. The van der Waals surface area contributed by atoms with Crippen LogP contribution < -0.4 is 10.6 Å². The van der Waals surface area contributed by atoms with E-state index < -0.39 is 28.7 Å². The van der Waals surface area contributed by atoms with Crippen LogP contribution in [0.25, 0.3) is 11.0 Å². The van der Waals surface area contributed by atoms with Crippen LogP contribution in [0.4, 0.5) is 0 Å². The number of carbonyl (C=O) groups excluding carboxylic acids is 3. The number of amides is 3. The van der Waals surface area contributed by atoms with E-state index in [4.69, 9.17) is 0 Å². The van der Waals surface area contributed by atoms with Crippen LogP contribution in [0.15, 0.2) is 24.3 Å². The minimum Gasteiger partial charge on any atom is -0.394 e. The van der Waals surface area contributed by atoms with E-state index >= 15 is 0 Å². The van der Waals surface area contributed by atoms with Gasteiger partial charge in [-0.25, -0.2) is 4.68 Å². The van der Waals surface area contributed by atoms with Crippen LogP contribution >= 0.6 is 11.8 Å². The Bertz CT molecular complexity index is 1190. The van der Waals surface area contributed by atoms with Gasteiger partial charge in [-0.2, -0.15) is 0 Å². The zero-order valence-electron chi connectivity index (χ0n) is 21.0. The number of aliphatic hydroxyl groups is 1. The van der Waals surface area contributed by atoms with Crippen molar-refractivity contribution in [3.05, 3.63) is 24.3 Å². The fraction of sp³-hybridized carbons (Fsp3) is 0.640. The highest BCUT2D eigenvalue weighted by atomic mass is 32.2. The number of likely N-dealkylation sites (tertiary alicyclic amines) is 1. The SMILES string of the molecule is CNC(=O)[C@@H]1[C@@H]2CC(C)C3(S2)C(C(=O)NCn2nnc4ccccc42)N([C@@H](CO)CC(C)C)C(=O)[C@H]13. The molecule has 7 atom stereocenters. The third kappa shape index (κ3) is 3.61. The largest absolute Gasteiger partial charge is 0.394 e. The minimum atomic E-state index is -0.791. The van der Waals surface area contributed by atoms with Crippen LogP contribution in [0.5, 0.6) is 0 Å². The Hall–Kier alpha value is -2.66. The van der Waals surface area contributed by atoms with Crippen molar-refractivity contribution in [3.8, 4) is 0 Å². The summed E-state index contributed by atoms with van der Waals surface area (Å²) in [6, 6.07) is 6.21. The lowest BCUT2D eigenvalue weighted by atomic mass is 9.66. The van der Waals surface area contributed by atoms with Crippen molar-refractivity contribution in [1.82, 2.24) is 30.5 Å². The standard InChI is InChI=1S/C25H34N6O4S/c1-13(2)9-15(11-32)31-21(23(34)27-12-30-17-8-6-5-7-16(17)28-29-30)25-14(3)10-18(36-25)19(22(33)26-4)20(25)24(31)35/h5-8,13-15,18-21,32H,9-12H2,1-4H3,(H,26,33)(H,27,34)/t14?,15-,18+,19-,20+,21?,25?/m1/s1. The Morgan fingerprint density at radius 3 is 2.72 bits per heavy atom. The van der Waals surface area contributed by atoms with E-state index in [9.17, 15) is 19.5 Å². The molecule has 3 saturated heterocycles. The number of nitrogens with one attached hydrogen (secondary N) is 2. The van der Waals surface area contributed by atoms with Gasteiger partial charge in [-0.1, -0.05) is 38.1 Å². The first-order valence-electron chi connectivity index (χ1n) is 12.6. The molecule has 2 bridgehead atoms. The average Bonchev–Trinajstić information content (AvgIpc) is 3.57. The molecular weight excluding hydrogens is 480 g/mol. The second-order valence-electron chi connectivity index (χ2n) is 10.7. The number of benzene rings is 1. The number of aromatic nitrogens is 3. The monoisotopic (exact) mass is 514 g/mol. The highest BCUT2D eigenvalue weighted by Gasteiger charge is 2.76. The molecule has 2 aromatic rings. The number of fused-ring (bicyclic) bond motifs is 2. The van der Waals surface area contributed by atoms with Crippen LogP contribution in [-0.2, 0) is 21.1 Å². The first-order chi connectivity index (χ1) is 17.2. The maximum absolute atomic E-state index is 14.1. The van der Waals surface area contributed by atoms with Gasteiger partial charge in [-0.15, -0.1) is 16.9 Å². The Balaban J connectivity index is 1.51. The third-order valence-corrected chi connectivity index (χ3v) is 10.2. The molecule has 10 nitrogen and oxygen atoms in total. The van der Waals surface area contributed by atoms with E-state index in [0.717, 1.165) is 17.5 Å². The van der Waals surface area contributed by atoms with Gasteiger partial charge < -0.3 is 20.6 Å². The Kier molecular flexibility index (Phi) is 6.48. The number of rotatable bonds is 8. The summed E-state index contributed by atoms with van der Waals surface area (Å²) in [6.45, 7) is 6.01. The van der Waals surface area contributed by atoms with Crippen molar-refractivity contribution in [2.75, 3.05) is 13.7 Å². The van der Waals surface area contributed by atoms with Gasteiger partial charge in [-0.05, 0) is 36.8 Å². The zero-order valence-corrected chi connectivity index (χ0v) is 21.9. The highest BCUT2D eigenvalue weighted by Crippen LogP contribution is 2.68. The second kappa shape index (κ2) is 9.33. The fourth-order valence-electron chi connectivity index (χ4n) is 6.72. The Labute approximate surface area is 214 Å². The lowest BCUT2D eigenvalue weighted by Gasteiger charge is -2.40. The molecule has 4 heterocycles. The molecule has 1 spiro atoms. The van der Waals surface area contributed by atoms with Gasteiger partial charge in [0.25, 0.3) is 0 Å². The summed E-state index contributed by atoms with van der Waals surface area (Å²) in [5, 5.41) is 24.4. The van der Waals surface area contributed by atoms with Gasteiger partial charge >= 0.3 is 0 Å². The number of carbonyl (C=O) groups is 3. The lowest BCUT2D eigenvalue weighted by molar-refractivity contribution is -0.143. The molecule has 5 rings (SSSR count). The molecule has 3 amide bonds. The number of thioether (sulfide) groups is 1. The van der Waals surface area contributed by atoms with Crippen LogP contribution in [0.1, 0.15) is 33.6 Å². The second-order valence-corrected chi connectivity index (χ2v) is 12.2. The quantitative estimate of drug-likeness (QED) is 0.479. The molecule has 36 heavy (non-hydrogen) atoms. The number of nitrogens with zero attached hydrogens (tertiary/aromatic N) is 4. The van der Waals surface area contributed by atoms with Crippen molar-refractivity contribution in [1.29, 1.82) is 0 Å². The van der Waals surface area contributed by atoms with Crippen molar-refractivity contribution in [2.24, 2.45) is 23.7 Å². The molecular formula is C25H34N6O4S. The van der Waals surface area contributed by atoms with Gasteiger partial charge in [-0.3, -0.25) is 14.4 Å². The van der Waals surface area contributed by atoms with Crippen LogP contribution in [0.2, 0.25) is 0 Å². The van der Waals surface area contributed by atoms with Gasteiger partial charge in [0.05, 0.1) is 34.7 Å². The fourth-order valence-corrected chi connectivity index (χ4v) is 9.13. The predicted octanol–water partition coefficient (Wildman–Crippen LogP) is 0.995. The zero-order chi connectivity index (χ0) is 25.8. The normalized spacial score (nSPS) is 31.8. The first-order valence-corrected chi connectivity index (χ1v) is 13.5. The summed E-state index contributed by atoms with van der Waals surface area (Å²) in [6.07, 6.45) is 1.33. The molecule has 3 N–H and O–H groups in total. The molecule has 3 fully saturated rings. The minimum absolute atomic E-state index is 0.0108. The molecule has 0 saturated carbocycles. The number of aliphatic hydroxyl groups excluding tert-OH is 1. The maximum atomic E-state index is 14.1. The van der Waals surface area contributed by atoms with Crippen LogP contribution in [-0.4, -0.2) is 78.5 Å². The van der Waals surface area contributed by atoms with Gasteiger partial charge in [0.15, 0.2) is 0 Å². The summed E-state index contributed by atoms with van der Waals surface area (Å²) < 4.78 is 0.898. The summed E-state index contributed by atoms with van der Waals surface area (Å²) in [5.74, 6) is -1.44. The predicted molar refractivity (Wildman–Crippen MR) is 136 cm³/mol. The van der Waals surface area contributed by atoms with Crippen LogP contribution in [0.3, 0.4) is 0 Å². The molecule has 3 aliphatic rings. The summed E-state index contributed by atoms with van der Waals surface area (Å²) in [7, 11) is 1.59. The van der Waals surface area contributed by atoms with Crippen molar-refractivity contribution in [2.45, 2.75) is 62.4 Å². The summed E-state index contributed by atoms with van der Waals surface area (Å²) in [4.78, 5) is 42.6. The Morgan fingerprint density at radius 1 is 1.28 bits per heavy atom. The van der Waals surface area contributed by atoms with E-state index in [-0.39, 0.29) is 48.1 Å². The maximum Gasteiger partial charge on any atom is 0.245 e. The van der Waals surface area contributed by atoms with Gasteiger partial charge in [0.2, 0.25) is 17.7 Å². The van der Waals surface area contributed by atoms with E-state index in [1.807, 2.05) is 38.1 Å². The molecule has 3 aliphatic heterocycles. The smallest absolute Gasteiger partial charge is 0.245 e. The highest BCUT2D eigenvalue weighted by molar-refractivity contribution is 8.02. The number of hydrogen-bond acceptors (Lipinski definition) is 7. The molecule has 0 aliphatic carbocycles. The average molecular weight is 515 g/mol. The molecule has 1 aromatic heterocycles. The van der Waals surface area contributed by atoms with Crippen molar-refractivity contribution in [3.63, 3.8) is 0 Å². The van der Waals surface area contributed by atoms with Gasteiger partial charge in [0.1, 0.15) is 18.2 Å². The Morgan fingerprint density at radius 2 is 2.03 bits per heavy atom. The van der Waals surface area contributed by atoms with Crippen LogP contribution in [0, 0.1) is 23.7 Å². The molecule has 11 heteroatoms. The third-order valence-electron chi connectivity index (χ3n) is 8.15. The van der Waals surface area contributed by atoms with E-state index in [1.165, 1.54) is 0 Å². The van der Waals surface area contributed by atoms with E-state index in [1.54, 1.807) is 28.4 Å². The van der Waals surface area contributed by atoms with E-state index in [2.05, 4.69) is 27.9 Å². The topological polar surface area (TPSA) is 129 Å². The number of hydrogen-bond donors (Lipinski definition) is 3. The molecule has 0 radical (unpaired) electrons. The van der Waals surface area contributed by atoms with Gasteiger partial charge in [0, 0.05) is 12.3 Å². The first kappa shape index (κ1) is 25.0. The molecule has 1 aromatic carbocycles. The van der Waals surface area contributed by atoms with Crippen molar-refractivity contribution >= 4 is 40.5 Å². The molecule has 3 unspecified atom stereocenters. The molecule has 194 valence electrons. The van der Waals surface area contributed by atoms with Crippen molar-refractivity contribution < 1.29 is 19.5 Å². The number of para-hydroxylation sites is 1. The van der Waals surface area contributed by atoms with E-state index in [0.29, 0.717) is 6.42 Å².